The zero-order chi connectivity index (χ0) is 16.8. The Morgan fingerprint density at radius 1 is 0.818 bits per heavy atom. The lowest BCUT2D eigenvalue weighted by molar-refractivity contribution is 0.561. The molecule has 0 aliphatic carbocycles. The van der Waals surface area contributed by atoms with Gasteiger partial charge in [0.25, 0.3) is 0 Å². The van der Waals surface area contributed by atoms with Gasteiger partial charge in [-0.05, 0) is 11.6 Å². The minimum Gasteiger partial charge on any atom is -0.302 e. The average Bonchev–Trinajstić information content (AvgIpc) is 2.47. The first-order valence-electron chi connectivity index (χ1n) is 5.36. The van der Waals surface area contributed by atoms with Crippen LogP contribution in [0.25, 0.3) is 11.1 Å². The molecule has 0 aromatic heterocycles. The molecule has 0 heterocycles. The summed E-state index contributed by atoms with van der Waals surface area (Å²) >= 11 is 36.8. The van der Waals surface area contributed by atoms with Gasteiger partial charge in [0.1, 0.15) is 0 Å². The number of hydrogen-bond acceptors (Lipinski definition) is 3. The topological polar surface area (TPSA) is 37.3 Å². The Kier molecular flexibility index (Phi) is 6.31. The van der Waals surface area contributed by atoms with Crippen LogP contribution in [0, 0.1) is 0 Å². The molecule has 0 spiro atoms. The lowest BCUT2D eigenvalue weighted by Gasteiger charge is -2.16. The van der Waals surface area contributed by atoms with Crippen molar-refractivity contribution in [3.63, 3.8) is 0 Å². The molecule has 0 bridgehead atoms. The van der Waals surface area contributed by atoms with Crippen molar-refractivity contribution < 1.29 is 8.76 Å². The minimum atomic E-state index is -2.20. The van der Waals surface area contributed by atoms with Crippen LogP contribution in [0.4, 0.5) is 0 Å². The lowest BCUT2D eigenvalue weighted by Crippen LogP contribution is -1.95. The standard InChI is InChI=1S/C12H5Cl5O2S3/c13-6-5(7(14)9(16)10(17)8(6)15)3-1-2-4(22(18)19)12(21)11(3)20/h1-2,20-21H,(H,18,19). The molecule has 2 nitrogen and oxygen atoms in total. The summed E-state index contributed by atoms with van der Waals surface area (Å²) in [7, 11) is 0. The van der Waals surface area contributed by atoms with Gasteiger partial charge in [-0.25, -0.2) is 4.21 Å². The lowest BCUT2D eigenvalue weighted by atomic mass is 10.1. The molecule has 2 aromatic rings. The molecule has 0 aliphatic heterocycles. The van der Waals surface area contributed by atoms with Crippen molar-refractivity contribution in [2.24, 2.45) is 0 Å². The third-order valence-corrected chi connectivity index (χ3v) is 7.03. The maximum Gasteiger partial charge on any atom is 0.187 e. The summed E-state index contributed by atoms with van der Waals surface area (Å²) in [5, 5.41) is 0.345. The minimum absolute atomic E-state index is 0.0435. The molecular formula is C12H5Cl5O2S3. The molecule has 1 unspecified atom stereocenters. The smallest absolute Gasteiger partial charge is 0.187 e. The summed E-state index contributed by atoms with van der Waals surface area (Å²) in [6.45, 7) is 0. The first-order valence-corrected chi connectivity index (χ1v) is 9.25. The van der Waals surface area contributed by atoms with Crippen LogP contribution >= 0.6 is 83.3 Å². The van der Waals surface area contributed by atoms with Crippen LogP contribution < -0.4 is 0 Å². The Labute approximate surface area is 165 Å². The van der Waals surface area contributed by atoms with Gasteiger partial charge >= 0.3 is 0 Å². The quantitative estimate of drug-likeness (QED) is 0.202. The van der Waals surface area contributed by atoms with Crippen molar-refractivity contribution in [1.82, 2.24) is 0 Å². The van der Waals surface area contributed by atoms with Crippen LogP contribution in [0.1, 0.15) is 0 Å². The van der Waals surface area contributed by atoms with E-state index in [1.165, 1.54) is 12.1 Å². The Morgan fingerprint density at radius 2 is 1.27 bits per heavy atom. The Hall–Kier alpha value is 0.700. The van der Waals surface area contributed by atoms with E-state index in [9.17, 15) is 8.76 Å². The predicted octanol–water partition coefficient (Wildman–Crippen LogP) is 6.78. The van der Waals surface area contributed by atoms with Crippen molar-refractivity contribution in [1.29, 1.82) is 0 Å². The van der Waals surface area contributed by atoms with Crippen molar-refractivity contribution in [3.8, 4) is 11.1 Å². The highest BCUT2D eigenvalue weighted by atomic mass is 35.5. The fourth-order valence-corrected chi connectivity index (χ4v) is 4.35. The molecule has 0 amide bonds. The van der Waals surface area contributed by atoms with E-state index in [0.29, 0.717) is 16.0 Å². The first-order chi connectivity index (χ1) is 10.2. The fraction of sp³-hybridized carbons (Fsp3) is 0. The molecule has 22 heavy (non-hydrogen) atoms. The van der Waals surface area contributed by atoms with Gasteiger partial charge in [0, 0.05) is 15.4 Å². The van der Waals surface area contributed by atoms with Crippen LogP contribution in [-0.2, 0) is 11.1 Å². The van der Waals surface area contributed by atoms with Crippen molar-refractivity contribution in [2.75, 3.05) is 0 Å². The van der Waals surface area contributed by atoms with E-state index in [1.807, 2.05) is 0 Å². The molecule has 0 fully saturated rings. The zero-order valence-corrected chi connectivity index (χ0v) is 16.6. The van der Waals surface area contributed by atoms with E-state index in [1.54, 1.807) is 0 Å². The Bertz CT molecular complexity index is 781. The molecule has 0 saturated heterocycles. The summed E-state index contributed by atoms with van der Waals surface area (Å²) in [4.78, 5) is 0.632. The largest absolute Gasteiger partial charge is 0.302 e. The highest BCUT2D eigenvalue weighted by molar-refractivity contribution is 7.85. The van der Waals surface area contributed by atoms with Gasteiger partial charge in [0.2, 0.25) is 0 Å². The Morgan fingerprint density at radius 3 is 1.73 bits per heavy atom. The molecule has 118 valence electrons. The monoisotopic (exact) mass is 452 g/mol. The second kappa shape index (κ2) is 7.30. The molecular weight excluding hydrogens is 450 g/mol. The van der Waals surface area contributed by atoms with Gasteiger partial charge in [0.15, 0.2) is 11.1 Å². The molecule has 2 aromatic carbocycles. The molecule has 1 atom stereocenters. The van der Waals surface area contributed by atoms with Crippen LogP contribution in [0.15, 0.2) is 26.8 Å². The zero-order valence-electron chi connectivity index (χ0n) is 10.2. The van der Waals surface area contributed by atoms with Crippen LogP contribution in [0.2, 0.25) is 25.1 Å². The predicted molar refractivity (Wildman–Crippen MR) is 100 cm³/mol. The second-order valence-electron chi connectivity index (χ2n) is 4.00. The van der Waals surface area contributed by atoms with E-state index in [-0.39, 0.29) is 34.9 Å². The van der Waals surface area contributed by atoms with Crippen LogP contribution in [0.5, 0.6) is 0 Å². The molecule has 1 N–H and O–H groups in total. The Balaban J connectivity index is 2.85. The van der Waals surface area contributed by atoms with Gasteiger partial charge in [-0.1, -0.05) is 64.1 Å². The molecule has 0 radical (unpaired) electrons. The summed E-state index contributed by atoms with van der Waals surface area (Å²) in [6.07, 6.45) is 0. The number of benzene rings is 2. The fourth-order valence-electron chi connectivity index (χ4n) is 1.75. The normalized spacial score (nSPS) is 12.5. The van der Waals surface area contributed by atoms with Gasteiger partial charge < -0.3 is 4.55 Å². The van der Waals surface area contributed by atoms with E-state index in [4.69, 9.17) is 58.0 Å². The molecule has 0 saturated carbocycles. The number of rotatable bonds is 2. The van der Waals surface area contributed by atoms with Gasteiger partial charge in [-0.2, -0.15) is 0 Å². The maximum atomic E-state index is 11.2. The third-order valence-electron chi connectivity index (χ3n) is 2.78. The third kappa shape index (κ3) is 3.25. The van der Waals surface area contributed by atoms with Crippen LogP contribution in [0.3, 0.4) is 0 Å². The summed E-state index contributed by atoms with van der Waals surface area (Å²) in [6, 6.07) is 2.94. The molecule has 0 aliphatic rings. The van der Waals surface area contributed by atoms with E-state index in [2.05, 4.69) is 25.3 Å². The van der Waals surface area contributed by atoms with E-state index < -0.39 is 11.1 Å². The number of halogens is 5. The van der Waals surface area contributed by atoms with Crippen molar-refractivity contribution >= 4 is 94.3 Å². The second-order valence-corrected chi connectivity index (χ2v) is 7.72. The summed E-state index contributed by atoms with van der Waals surface area (Å²) in [5.41, 5.74) is 0.774. The maximum absolute atomic E-state index is 11.2. The summed E-state index contributed by atoms with van der Waals surface area (Å²) in [5.74, 6) is 0. The highest BCUT2D eigenvalue weighted by Crippen LogP contribution is 2.50. The van der Waals surface area contributed by atoms with E-state index in [0.717, 1.165) is 0 Å². The summed E-state index contributed by atoms with van der Waals surface area (Å²) < 4.78 is 20.4. The van der Waals surface area contributed by atoms with Gasteiger partial charge in [0.05, 0.1) is 30.0 Å². The van der Waals surface area contributed by atoms with Gasteiger partial charge in [-0.15, -0.1) is 25.3 Å². The number of thiol groups is 2. The first kappa shape index (κ1) is 19.0. The molecule has 2 rings (SSSR count). The molecule has 10 heteroatoms. The van der Waals surface area contributed by atoms with Crippen molar-refractivity contribution in [2.45, 2.75) is 14.7 Å². The van der Waals surface area contributed by atoms with E-state index >= 15 is 0 Å². The van der Waals surface area contributed by atoms with Crippen molar-refractivity contribution in [3.05, 3.63) is 37.2 Å². The average molecular weight is 455 g/mol. The van der Waals surface area contributed by atoms with Gasteiger partial charge in [-0.3, -0.25) is 0 Å². The SMILES string of the molecule is O=S(O)c1ccc(-c2c(Cl)c(Cl)c(Cl)c(Cl)c2Cl)c(S)c1S. The van der Waals surface area contributed by atoms with Crippen LogP contribution in [-0.4, -0.2) is 8.76 Å². The highest BCUT2D eigenvalue weighted by Gasteiger charge is 2.23. The number of hydrogen-bond donors (Lipinski definition) is 3.